The van der Waals surface area contributed by atoms with Crippen LogP contribution in [0.3, 0.4) is 0 Å². The van der Waals surface area contributed by atoms with Gasteiger partial charge in [0, 0.05) is 17.1 Å². The molecule has 0 aliphatic heterocycles. The summed E-state index contributed by atoms with van der Waals surface area (Å²) < 4.78 is 38.0. The quantitative estimate of drug-likeness (QED) is 0.619. The third-order valence-electron chi connectivity index (χ3n) is 4.44. The molecule has 0 saturated carbocycles. The first-order valence-corrected chi connectivity index (χ1v) is 10.4. The summed E-state index contributed by atoms with van der Waals surface area (Å²) in [6, 6.07) is 16.4. The molecule has 3 aromatic carbocycles. The lowest BCUT2D eigenvalue weighted by Gasteiger charge is -2.16. The van der Waals surface area contributed by atoms with Crippen LogP contribution < -0.4 is 19.5 Å². The number of rotatable bonds is 7. The summed E-state index contributed by atoms with van der Waals surface area (Å²) in [4.78, 5) is 12.6. The number of carbonyl (C=O) groups excluding carboxylic acids is 1. The maximum absolute atomic E-state index is 12.7. The Morgan fingerprint density at radius 1 is 0.931 bits per heavy atom. The van der Waals surface area contributed by atoms with Crippen molar-refractivity contribution >= 4 is 32.4 Å². The highest BCUT2D eigenvalue weighted by Gasteiger charge is 2.23. The van der Waals surface area contributed by atoms with Crippen molar-refractivity contribution < 1.29 is 22.7 Å². The summed E-state index contributed by atoms with van der Waals surface area (Å²) in [5.41, 5.74) is 0.616. The number of nitrogens with one attached hydrogen (secondary N) is 2. The van der Waals surface area contributed by atoms with Crippen molar-refractivity contribution in [2.45, 2.75) is 17.9 Å². The average Bonchev–Trinajstić information content (AvgIpc) is 2.73. The number of methoxy groups -OCH3 is 2. The number of hydrogen-bond acceptors (Lipinski definition) is 5. The first kappa shape index (κ1) is 20.6. The summed E-state index contributed by atoms with van der Waals surface area (Å²) in [7, 11) is -1.06. The van der Waals surface area contributed by atoms with Gasteiger partial charge in [-0.1, -0.05) is 36.4 Å². The first-order chi connectivity index (χ1) is 13.9. The van der Waals surface area contributed by atoms with Gasteiger partial charge < -0.3 is 14.8 Å². The van der Waals surface area contributed by atoms with Gasteiger partial charge in [-0.05, 0) is 30.5 Å². The Kier molecular flexibility index (Phi) is 6.05. The third-order valence-corrected chi connectivity index (χ3v) is 5.98. The van der Waals surface area contributed by atoms with E-state index in [1.54, 1.807) is 6.07 Å². The Labute approximate surface area is 169 Å². The predicted octanol–water partition coefficient (Wildman–Crippen LogP) is 3.16. The molecule has 0 spiro atoms. The number of fused-ring (bicyclic) bond motifs is 1. The third kappa shape index (κ3) is 4.49. The van der Waals surface area contributed by atoms with E-state index >= 15 is 0 Å². The summed E-state index contributed by atoms with van der Waals surface area (Å²) in [5.74, 6) is 0.224. The second-order valence-corrected chi connectivity index (χ2v) is 8.09. The van der Waals surface area contributed by atoms with Gasteiger partial charge in [0.05, 0.1) is 25.2 Å². The fraction of sp³-hybridized carbons (Fsp3) is 0.190. The van der Waals surface area contributed by atoms with Crippen LogP contribution in [0.15, 0.2) is 65.6 Å². The van der Waals surface area contributed by atoms with Gasteiger partial charge in [-0.25, -0.2) is 8.42 Å². The van der Waals surface area contributed by atoms with Gasteiger partial charge in [-0.2, -0.15) is 4.72 Å². The maximum Gasteiger partial charge on any atom is 0.242 e. The van der Waals surface area contributed by atoms with Crippen molar-refractivity contribution in [3.05, 3.63) is 60.7 Å². The minimum atomic E-state index is -3.94. The van der Waals surface area contributed by atoms with Crippen LogP contribution in [0.5, 0.6) is 11.5 Å². The maximum atomic E-state index is 12.7. The van der Waals surface area contributed by atoms with E-state index in [0.29, 0.717) is 11.4 Å². The van der Waals surface area contributed by atoms with E-state index in [0.717, 1.165) is 10.8 Å². The Balaban J connectivity index is 1.78. The highest BCUT2D eigenvalue weighted by atomic mass is 32.2. The average molecular weight is 414 g/mol. The van der Waals surface area contributed by atoms with E-state index in [-0.39, 0.29) is 10.6 Å². The van der Waals surface area contributed by atoms with Crippen molar-refractivity contribution in [3.8, 4) is 11.5 Å². The molecule has 0 aromatic heterocycles. The topological polar surface area (TPSA) is 93.7 Å². The van der Waals surface area contributed by atoms with Crippen LogP contribution in [0.25, 0.3) is 10.8 Å². The number of benzene rings is 3. The van der Waals surface area contributed by atoms with Gasteiger partial charge in [-0.15, -0.1) is 0 Å². The second kappa shape index (κ2) is 8.50. The molecule has 3 aromatic rings. The standard InChI is InChI=1S/C21H22N2O5S/c1-14(21(24)22-18-10-6-8-15-7-4-5-9-17(15)18)23-29(25,26)16-11-12-19(27-2)20(13-16)28-3/h4-14,23H,1-3H3,(H,22,24)/t14-/m0/s1. The van der Waals surface area contributed by atoms with Crippen LogP contribution in [-0.2, 0) is 14.8 Å². The number of hydrogen-bond donors (Lipinski definition) is 2. The van der Waals surface area contributed by atoms with E-state index < -0.39 is 22.0 Å². The molecule has 0 aliphatic carbocycles. The van der Waals surface area contributed by atoms with Gasteiger partial charge in [0.2, 0.25) is 15.9 Å². The summed E-state index contributed by atoms with van der Waals surface area (Å²) in [6.07, 6.45) is 0. The molecule has 29 heavy (non-hydrogen) atoms. The fourth-order valence-corrected chi connectivity index (χ4v) is 4.13. The molecule has 0 heterocycles. The predicted molar refractivity (Wildman–Crippen MR) is 112 cm³/mol. The highest BCUT2D eigenvalue weighted by Crippen LogP contribution is 2.29. The fourth-order valence-electron chi connectivity index (χ4n) is 2.91. The van der Waals surface area contributed by atoms with E-state index in [1.807, 2.05) is 36.4 Å². The lowest BCUT2D eigenvalue weighted by Crippen LogP contribution is -2.41. The number of anilines is 1. The second-order valence-electron chi connectivity index (χ2n) is 6.38. The number of amides is 1. The summed E-state index contributed by atoms with van der Waals surface area (Å²) in [6.45, 7) is 1.48. The number of ether oxygens (including phenoxy) is 2. The highest BCUT2D eigenvalue weighted by molar-refractivity contribution is 7.89. The van der Waals surface area contributed by atoms with Crippen LogP contribution in [0.2, 0.25) is 0 Å². The van der Waals surface area contributed by atoms with Gasteiger partial charge in [0.15, 0.2) is 11.5 Å². The summed E-state index contributed by atoms with van der Waals surface area (Å²) >= 11 is 0. The molecule has 8 heteroatoms. The zero-order valence-corrected chi connectivity index (χ0v) is 17.1. The van der Waals surface area contributed by atoms with Gasteiger partial charge in [0.25, 0.3) is 0 Å². The van der Waals surface area contributed by atoms with Gasteiger partial charge >= 0.3 is 0 Å². The molecule has 0 bridgehead atoms. The molecule has 0 radical (unpaired) electrons. The lowest BCUT2D eigenvalue weighted by molar-refractivity contribution is -0.117. The lowest BCUT2D eigenvalue weighted by atomic mass is 10.1. The zero-order valence-electron chi connectivity index (χ0n) is 16.3. The number of sulfonamides is 1. The van der Waals surface area contributed by atoms with Crippen molar-refractivity contribution in [1.82, 2.24) is 4.72 Å². The van der Waals surface area contributed by atoms with Crippen molar-refractivity contribution in [2.75, 3.05) is 19.5 Å². The molecular formula is C21H22N2O5S. The normalized spacial score (nSPS) is 12.4. The first-order valence-electron chi connectivity index (χ1n) is 8.88. The van der Waals surface area contributed by atoms with Gasteiger partial charge in [0.1, 0.15) is 0 Å². The largest absolute Gasteiger partial charge is 0.493 e. The molecule has 0 fully saturated rings. The molecule has 2 N–H and O–H groups in total. The monoisotopic (exact) mass is 414 g/mol. The Bertz CT molecular complexity index is 1140. The van der Waals surface area contributed by atoms with E-state index in [9.17, 15) is 13.2 Å². The molecule has 1 amide bonds. The minimum absolute atomic E-state index is 0.0278. The zero-order chi connectivity index (χ0) is 21.0. The van der Waals surface area contributed by atoms with Crippen molar-refractivity contribution in [1.29, 1.82) is 0 Å². The molecule has 0 saturated heterocycles. The minimum Gasteiger partial charge on any atom is -0.493 e. The van der Waals surface area contributed by atoms with Crippen LogP contribution in [0.1, 0.15) is 6.92 Å². The molecule has 0 aliphatic rings. The SMILES string of the molecule is COc1ccc(S(=O)(=O)N[C@@H](C)C(=O)Nc2cccc3ccccc23)cc1OC. The van der Waals surface area contributed by atoms with E-state index in [4.69, 9.17) is 9.47 Å². The number of carbonyl (C=O) groups is 1. The van der Waals surface area contributed by atoms with Crippen LogP contribution >= 0.6 is 0 Å². The van der Waals surface area contributed by atoms with Crippen molar-refractivity contribution in [3.63, 3.8) is 0 Å². The Morgan fingerprint density at radius 2 is 1.62 bits per heavy atom. The Morgan fingerprint density at radius 3 is 2.34 bits per heavy atom. The molecular weight excluding hydrogens is 392 g/mol. The molecule has 3 rings (SSSR count). The van der Waals surface area contributed by atoms with Crippen LogP contribution in [-0.4, -0.2) is 34.6 Å². The molecule has 0 unspecified atom stereocenters. The molecule has 152 valence electrons. The molecule has 1 atom stereocenters. The Hall–Kier alpha value is -3.10. The summed E-state index contributed by atoms with van der Waals surface area (Å²) in [5, 5.41) is 4.64. The van der Waals surface area contributed by atoms with Gasteiger partial charge in [-0.3, -0.25) is 4.79 Å². The van der Waals surface area contributed by atoms with Crippen LogP contribution in [0, 0.1) is 0 Å². The smallest absolute Gasteiger partial charge is 0.242 e. The van der Waals surface area contributed by atoms with Crippen LogP contribution in [0.4, 0.5) is 5.69 Å². The van der Waals surface area contributed by atoms with E-state index in [2.05, 4.69) is 10.0 Å². The van der Waals surface area contributed by atoms with Crippen molar-refractivity contribution in [2.24, 2.45) is 0 Å². The van der Waals surface area contributed by atoms with E-state index in [1.165, 1.54) is 39.3 Å². The molecule has 7 nitrogen and oxygen atoms in total.